The van der Waals surface area contributed by atoms with E-state index in [4.69, 9.17) is 35.1 Å². The number of nitrogens with one attached hydrogen (secondary N) is 1. The molecule has 6 rings (SSSR count). The summed E-state index contributed by atoms with van der Waals surface area (Å²) in [4.78, 5) is 39.5. The fourth-order valence-electron chi connectivity index (χ4n) is 3.93. The third kappa shape index (κ3) is 5.22. The zero-order chi connectivity index (χ0) is 27.6. The highest BCUT2D eigenvalue weighted by Gasteiger charge is 2.22. The van der Waals surface area contributed by atoms with E-state index in [1.165, 1.54) is 24.5 Å². The van der Waals surface area contributed by atoms with Crippen LogP contribution in [-0.4, -0.2) is 32.9 Å². The quantitative estimate of drug-likeness (QED) is 0.202. The Labute approximate surface area is 236 Å². The number of anilines is 1. The Morgan fingerprint density at radius 2 is 1.57 bits per heavy atom. The number of ether oxygens (including phenoxy) is 1. The number of esters is 1. The molecule has 11 heteroatoms. The van der Waals surface area contributed by atoms with Crippen molar-refractivity contribution in [1.82, 2.24) is 15.0 Å². The summed E-state index contributed by atoms with van der Waals surface area (Å²) in [5.74, 6) is -0.152. The predicted molar refractivity (Wildman–Crippen MR) is 151 cm³/mol. The van der Waals surface area contributed by atoms with Crippen LogP contribution in [0.25, 0.3) is 45.2 Å². The summed E-state index contributed by atoms with van der Waals surface area (Å²) in [5, 5.41) is 5.52. The Kier molecular flexibility index (Phi) is 6.85. The Bertz CT molecular complexity index is 1820. The predicted octanol–water partition coefficient (Wildman–Crippen LogP) is 7.11. The minimum absolute atomic E-state index is 0.219. The second-order valence-corrected chi connectivity index (χ2v) is 9.96. The molecule has 198 valence electrons. The number of furan rings is 2. The molecule has 9 nitrogen and oxygen atoms in total. The molecule has 0 bridgehead atoms. The Morgan fingerprint density at radius 1 is 0.900 bits per heavy atom. The Morgan fingerprint density at radius 3 is 2.23 bits per heavy atom. The lowest BCUT2D eigenvalue weighted by atomic mass is 10.1. The zero-order valence-corrected chi connectivity index (χ0v) is 22.4. The summed E-state index contributed by atoms with van der Waals surface area (Å²) in [6, 6.07) is 19.1. The van der Waals surface area contributed by atoms with Crippen LogP contribution in [0.1, 0.15) is 17.3 Å². The molecule has 0 aliphatic rings. The molecule has 2 aromatic carbocycles. The van der Waals surface area contributed by atoms with E-state index >= 15 is 0 Å². The number of benzene rings is 2. The van der Waals surface area contributed by atoms with Crippen LogP contribution in [0.15, 0.2) is 93.5 Å². The molecule has 4 heterocycles. The summed E-state index contributed by atoms with van der Waals surface area (Å²) in [7, 11) is 0. The van der Waals surface area contributed by atoms with E-state index in [2.05, 4.69) is 10.3 Å². The van der Waals surface area contributed by atoms with Gasteiger partial charge < -0.3 is 13.6 Å². The van der Waals surface area contributed by atoms with E-state index in [0.717, 1.165) is 5.56 Å². The van der Waals surface area contributed by atoms with E-state index in [9.17, 15) is 9.59 Å². The number of nitrogens with zero attached hydrogens (tertiary/aromatic N) is 3. The SMILES string of the molecule is CC(OC(=O)c1ccc2nc(-c3ccco3)c(-c3ccco3)nc2c1)C(=O)Nc1nc(-c2ccc(Cl)cc2)cs1. The first kappa shape index (κ1) is 25.5. The molecule has 1 atom stereocenters. The van der Waals surface area contributed by atoms with Crippen molar-refractivity contribution >= 4 is 51.0 Å². The van der Waals surface area contributed by atoms with Crippen LogP contribution in [0.2, 0.25) is 5.02 Å². The van der Waals surface area contributed by atoms with Gasteiger partial charge in [-0.25, -0.2) is 19.7 Å². The molecule has 1 unspecified atom stereocenters. The minimum Gasteiger partial charge on any atom is -0.463 e. The van der Waals surface area contributed by atoms with Gasteiger partial charge in [0.25, 0.3) is 5.91 Å². The summed E-state index contributed by atoms with van der Waals surface area (Å²) in [5.41, 5.74) is 3.75. The van der Waals surface area contributed by atoms with Gasteiger partial charge in [-0.1, -0.05) is 23.7 Å². The van der Waals surface area contributed by atoms with Gasteiger partial charge in [0, 0.05) is 16.0 Å². The van der Waals surface area contributed by atoms with Crippen LogP contribution in [0.3, 0.4) is 0 Å². The van der Waals surface area contributed by atoms with Gasteiger partial charge in [0.05, 0.1) is 34.8 Å². The fourth-order valence-corrected chi connectivity index (χ4v) is 4.77. The van der Waals surface area contributed by atoms with Crippen molar-refractivity contribution in [2.75, 3.05) is 5.32 Å². The van der Waals surface area contributed by atoms with Gasteiger partial charge in [0.1, 0.15) is 11.4 Å². The van der Waals surface area contributed by atoms with Crippen LogP contribution in [0.4, 0.5) is 5.13 Å². The van der Waals surface area contributed by atoms with Gasteiger partial charge in [-0.05, 0) is 61.5 Å². The Hall–Kier alpha value is -4.80. The smallest absolute Gasteiger partial charge is 0.338 e. The Balaban J connectivity index is 1.18. The van der Waals surface area contributed by atoms with Crippen molar-refractivity contribution in [3.63, 3.8) is 0 Å². The van der Waals surface area contributed by atoms with Gasteiger partial charge in [-0.3, -0.25) is 10.1 Å². The van der Waals surface area contributed by atoms with E-state index in [1.54, 1.807) is 60.9 Å². The van der Waals surface area contributed by atoms with E-state index in [1.807, 2.05) is 17.5 Å². The fraction of sp³-hybridized carbons (Fsp3) is 0.0690. The number of fused-ring (bicyclic) bond motifs is 1. The van der Waals surface area contributed by atoms with Gasteiger partial charge in [0.15, 0.2) is 22.8 Å². The molecule has 1 amide bonds. The van der Waals surface area contributed by atoms with Gasteiger partial charge in [-0.15, -0.1) is 11.3 Å². The molecule has 40 heavy (non-hydrogen) atoms. The third-order valence-corrected chi connectivity index (χ3v) is 6.95. The monoisotopic (exact) mass is 570 g/mol. The molecular formula is C29H19ClN4O5S. The molecule has 6 aromatic rings. The summed E-state index contributed by atoms with van der Waals surface area (Å²) in [6.45, 7) is 1.49. The average molecular weight is 571 g/mol. The first-order valence-electron chi connectivity index (χ1n) is 12.1. The number of halogens is 1. The number of amides is 1. The minimum atomic E-state index is -1.07. The summed E-state index contributed by atoms with van der Waals surface area (Å²) < 4.78 is 16.5. The van der Waals surface area contributed by atoms with Crippen molar-refractivity contribution in [2.24, 2.45) is 0 Å². The molecule has 0 spiro atoms. The number of carbonyl (C=O) groups is 2. The topological polar surface area (TPSA) is 120 Å². The highest BCUT2D eigenvalue weighted by Crippen LogP contribution is 2.32. The number of hydrogen-bond acceptors (Lipinski definition) is 9. The lowest BCUT2D eigenvalue weighted by Gasteiger charge is -2.13. The zero-order valence-electron chi connectivity index (χ0n) is 20.8. The van der Waals surface area contributed by atoms with Crippen LogP contribution < -0.4 is 5.32 Å². The molecule has 0 aliphatic heterocycles. The van der Waals surface area contributed by atoms with E-state index < -0.39 is 18.0 Å². The van der Waals surface area contributed by atoms with Crippen LogP contribution in [0.5, 0.6) is 0 Å². The largest absolute Gasteiger partial charge is 0.463 e. The van der Waals surface area contributed by atoms with Crippen molar-refractivity contribution in [2.45, 2.75) is 13.0 Å². The molecule has 1 N–H and O–H groups in total. The number of aromatic nitrogens is 3. The van der Waals surface area contributed by atoms with E-state index in [-0.39, 0.29) is 5.56 Å². The second-order valence-electron chi connectivity index (χ2n) is 8.66. The maximum atomic E-state index is 12.9. The number of thiazole rings is 1. The van der Waals surface area contributed by atoms with Gasteiger partial charge in [-0.2, -0.15) is 0 Å². The molecule has 4 aromatic heterocycles. The molecule has 0 fully saturated rings. The average Bonchev–Trinajstić information content (AvgIpc) is 3.76. The van der Waals surface area contributed by atoms with Crippen molar-refractivity contribution < 1.29 is 23.2 Å². The van der Waals surface area contributed by atoms with Gasteiger partial charge in [0.2, 0.25) is 0 Å². The molecule has 0 radical (unpaired) electrons. The summed E-state index contributed by atoms with van der Waals surface area (Å²) >= 11 is 7.21. The summed E-state index contributed by atoms with van der Waals surface area (Å²) in [6.07, 6.45) is 2.02. The highest BCUT2D eigenvalue weighted by molar-refractivity contribution is 7.14. The standard InChI is InChI=1S/C29H19ClN4O5S/c1-16(27(35)34-29-33-22(15-40-29)17-6-9-19(30)10-7-17)39-28(36)18-8-11-20-21(14-18)32-26(24-5-3-13-38-24)25(31-20)23-4-2-12-37-23/h2-16H,1H3,(H,33,34,35). The normalized spacial score (nSPS) is 11.8. The molecular weight excluding hydrogens is 552 g/mol. The first-order chi connectivity index (χ1) is 19.4. The van der Waals surface area contributed by atoms with Crippen LogP contribution >= 0.6 is 22.9 Å². The number of hydrogen-bond donors (Lipinski definition) is 1. The maximum Gasteiger partial charge on any atom is 0.338 e. The molecule has 0 saturated heterocycles. The molecule has 0 aliphatic carbocycles. The maximum absolute atomic E-state index is 12.9. The third-order valence-electron chi connectivity index (χ3n) is 5.94. The number of carbonyl (C=O) groups excluding carboxylic acids is 2. The van der Waals surface area contributed by atoms with Crippen molar-refractivity contribution in [3.8, 4) is 34.2 Å². The highest BCUT2D eigenvalue weighted by atomic mass is 35.5. The van der Waals surface area contributed by atoms with E-state index in [0.29, 0.717) is 49.8 Å². The van der Waals surface area contributed by atoms with Crippen molar-refractivity contribution in [1.29, 1.82) is 0 Å². The first-order valence-corrected chi connectivity index (χ1v) is 13.3. The van der Waals surface area contributed by atoms with Crippen molar-refractivity contribution in [3.05, 3.63) is 95.2 Å². The number of rotatable bonds is 7. The lowest BCUT2D eigenvalue weighted by Crippen LogP contribution is -2.30. The lowest BCUT2D eigenvalue weighted by molar-refractivity contribution is -0.123. The molecule has 0 saturated carbocycles. The van der Waals surface area contributed by atoms with Crippen LogP contribution in [-0.2, 0) is 9.53 Å². The second kappa shape index (κ2) is 10.8. The van der Waals surface area contributed by atoms with Crippen LogP contribution in [0, 0.1) is 0 Å². The van der Waals surface area contributed by atoms with Gasteiger partial charge >= 0.3 is 5.97 Å².